The van der Waals surface area contributed by atoms with E-state index in [4.69, 9.17) is 9.47 Å². The molecule has 0 radical (unpaired) electrons. The van der Waals surface area contributed by atoms with Crippen LogP contribution in [0, 0.1) is 0 Å². The minimum Gasteiger partial charge on any atom is -0.497 e. The average Bonchev–Trinajstić information content (AvgIpc) is 3.17. The summed E-state index contributed by atoms with van der Waals surface area (Å²) in [6.07, 6.45) is 0. The molecule has 1 atom stereocenters. The average molecular weight is 383 g/mol. The van der Waals surface area contributed by atoms with Gasteiger partial charge in [0.05, 0.1) is 26.4 Å². The molecule has 0 aliphatic carbocycles. The summed E-state index contributed by atoms with van der Waals surface area (Å²) < 4.78 is 10.6. The summed E-state index contributed by atoms with van der Waals surface area (Å²) in [5, 5.41) is 5.14. The molecule has 1 unspecified atom stereocenters. The van der Waals surface area contributed by atoms with Gasteiger partial charge in [-0.2, -0.15) is 0 Å². The number of halogens is 1. The lowest BCUT2D eigenvalue weighted by atomic mass is 10.1. The second kappa shape index (κ2) is 9.77. The molecule has 1 amide bonds. The second-order valence-electron chi connectivity index (χ2n) is 5.62. The summed E-state index contributed by atoms with van der Waals surface area (Å²) in [4.78, 5) is 16.1. The van der Waals surface area contributed by atoms with Crippen LogP contribution < -0.4 is 10.1 Å². The minimum atomic E-state index is -0.0625. The van der Waals surface area contributed by atoms with Crippen molar-refractivity contribution < 1.29 is 14.3 Å². The van der Waals surface area contributed by atoms with Gasteiger partial charge in [0.1, 0.15) is 5.75 Å². The number of benzene rings is 1. The predicted octanol–water partition coefficient (Wildman–Crippen LogP) is 2.98. The highest BCUT2D eigenvalue weighted by molar-refractivity contribution is 7.10. The first-order valence-corrected chi connectivity index (χ1v) is 8.93. The summed E-state index contributed by atoms with van der Waals surface area (Å²) in [6.45, 7) is 3.86. The van der Waals surface area contributed by atoms with Crippen molar-refractivity contribution in [3.8, 4) is 5.75 Å². The fraction of sp³-hybridized carbons (Fsp3) is 0.389. The zero-order valence-corrected chi connectivity index (χ0v) is 15.8. The maximum atomic E-state index is 12.4. The third-order valence-electron chi connectivity index (χ3n) is 4.17. The highest BCUT2D eigenvalue weighted by Crippen LogP contribution is 2.25. The number of ether oxygens (including phenoxy) is 2. The van der Waals surface area contributed by atoms with Gasteiger partial charge in [0.2, 0.25) is 0 Å². The van der Waals surface area contributed by atoms with E-state index in [9.17, 15) is 4.79 Å². The predicted molar refractivity (Wildman–Crippen MR) is 102 cm³/mol. The van der Waals surface area contributed by atoms with E-state index in [0.717, 1.165) is 32.1 Å². The van der Waals surface area contributed by atoms with E-state index in [1.54, 1.807) is 42.7 Å². The Morgan fingerprint density at radius 1 is 1.28 bits per heavy atom. The van der Waals surface area contributed by atoms with Crippen molar-refractivity contribution in [1.29, 1.82) is 0 Å². The molecule has 2 heterocycles. The van der Waals surface area contributed by atoms with Crippen LogP contribution >= 0.6 is 23.7 Å². The molecule has 3 rings (SSSR count). The number of thiophene rings is 1. The fourth-order valence-electron chi connectivity index (χ4n) is 2.81. The Bertz CT molecular complexity index is 643. The van der Waals surface area contributed by atoms with Crippen molar-refractivity contribution >= 4 is 29.7 Å². The Hall–Kier alpha value is -1.60. The van der Waals surface area contributed by atoms with E-state index < -0.39 is 0 Å². The first kappa shape index (κ1) is 19.7. The summed E-state index contributed by atoms with van der Waals surface area (Å²) in [7, 11) is 1.61. The lowest BCUT2D eigenvalue weighted by Crippen LogP contribution is -2.43. The maximum absolute atomic E-state index is 12.4. The molecule has 1 aliphatic rings. The van der Waals surface area contributed by atoms with Crippen molar-refractivity contribution in [3.63, 3.8) is 0 Å². The smallest absolute Gasteiger partial charge is 0.251 e. The van der Waals surface area contributed by atoms with E-state index in [2.05, 4.69) is 27.7 Å². The normalized spacial score (nSPS) is 15.9. The van der Waals surface area contributed by atoms with Crippen LogP contribution in [0.1, 0.15) is 21.3 Å². The molecule has 0 spiro atoms. The van der Waals surface area contributed by atoms with Crippen LogP contribution in [0.3, 0.4) is 0 Å². The Kier molecular flexibility index (Phi) is 7.71. The van der Waals surface area contributed by atoms with E-state index >= 15 is 0 Å². The van der Waals surface area contributed by atoms with E-state index in [0.29, 0.717) is 12.1 Å². The lowest BCUT2D eigenvalue weighted by Gasteiger charge is -2.34. The molecular weight excluding hydrogens is 360 g/mol. The molecule has 1 aliphatic heterocycles. The van der Waals surface area contributed by atoms with E-state index in [1.165, 1.54) is 4.88 Å². The van der Waals surface area contributed by atoms with Crippen LogP contribution in [0.25, 0.3) is 0 Å². The van der Waals surface area contributed by atoms with Crippen molar-refractivity contribution in [2.24, 2.45) is 0 Å². The Morgan fingerprint density at radius 3 is 2.60 bits per heavy atom. The third kappa shape index (κ3) is 5.19. The summed E-state index contributed by atoms with van der Waals surface area (Å²) in [6, 6.07) is 11.5. The van der Waals surface area contributed by atoms with Gasteiger partial charge in [0.25, 0.3) is 5.91 Å². The zero-order chi connectivity index (χ0) is 16.8. The number of morpholine rings is 1. The molecule has 136 valence electrons. The third-order valence-corrected chi connectivity index (χ3v) is 5.14. The number of hydrogen-bond donors (Lipinski definition) is 1. The molecule has 7 heteroatoms. The molecule has 1 aromatic carbocycles. The molecule has 1 fully saturated rings. The maximum Gasteiger partial charge on any atom is 0.251 e. The minimum absolute atomic E-state index is 0. The molecule has 25 heavy (non-hydrogen) atoms. The van der Waals surface area contributed by atoms with Crippen LogP contribution in [-0.4, -0.2) is 50.8 Å². The van der Waals surface area contributed by atoms with Crippen molar-refractivity contribution in [2.75, 3.05) is 40.0 Å². The van der Waals surface area contributed by atoms with Gasteiger partial charge in [-0.15, -0.1) is 23.7 Å². The number of nitrogens with zero attached hydrogens (tertiary/aromatic N) is 1. The van der Waals surface area contributed by atoms with Crippen molar-refractivity contribution in [3.05, 3.63) is 52.2 Å². The van der Waals surface area contributed by atoms with Gasteiger partial charge < -0.3 is 14.8 Å². The number of carbonyl (C=O) groups excluding carboxylic acids is 1. The van der Waals surface area contributed by atoms with Gasteiger partial charge in [0.15, 0.2) is 0 Å². The van der Waals surface area contributed by atoms with Crippen LogP contribution in [0.4, 0.5) is 0 Å². The standard InChI is InChI=1S/C18H22N2O3S.ClH/c1-22-15-6-4-14(5-7-15)18(21)19-13-16(17-3-2-12-24-17)20-8-10-23-11-9-20;/h2-7,12,16H,8-11,13H2,1H3,(H,19,21);1H. The van der Waals surface area contributed by atoms with Crippen LogP contribution in [0.15, 0.2) is 41.8 Å². The Labute approximate surface area is 158 Å². The molecule has 1 saturated heterocycles. The van der Waals surface area contributed by atoms with Gasteiger partial charge in [-0.05, 0) is 35.7 Å². The number of carbonyl (C=O) groups is 1. The second-order valence-corrected chi connectivity index (χ2v) is 6.60. The quantitative estimate of drug-likeness (QED) is 0.834. The molecular formula is C18H23ClN2O3S. The van der Waals surface area contributed by atoms with E-state index in [-0.39, 0.29) is 24.4 Å². The number of rotatable bonds is 6. The summed E-state index contributed by atoms with van der Waals surface area (Å²) >= 11 is 1.73. The lowest BCUT2D eigenvalue weighted by molar-refractivity contribution is 0.0169. The zero-order valence-electron chi connectivity index (χ0n) is 14.1. The first-order chi connectivity index (χ1) is 11.8. The van der Waals surface area contributed by atoms with Gasteiger partial charge in [0, 0.05) is 30.1 Å². The van der Waals surface area contributed by atoms with Gasteiger partial charge in [-0.3, -0.25) is 9.69 Å². The van der Waals surface area contributed by atoms with Crippen molar-refractivity contribution in [1.82, 2.24) is 10.2 Å². The topological polar surface area (TPSA) is 50.8 Å². The van der Waals surface area contributed by atoms with Crippen LogP contribution in [0.2, 0.25) is 0 Å². The number of methoxy groups -OCH3 is 1. The SMILES string of the molecule is COc1ccc(C(=O)NCC(c2cccs2)N2CCOCC2)cc1.Cl. The Balaban J connectivity index is 0.00000225. The first-order valence-electron chi connectivity index (χ1n) is 8.05. The number of hydrogen-bond acceptors (Lipinski definition) is 5. The number of nitrogens with one attached hydrogen (secondary N) is 1. The largest absolute Gasteiger partial charge is 0.497 e. The van der Waals surface area contributed by atoms with Gasteiger partial charge in [-0.1, -0.05) is 6.07 Å². The highest BCUT2D eigenvalue weighted by Gasteiger charge is 2.24. The van der Waals surface area contributed by atoms with Crippen LogP contribution in [0.5, 0.6) is 5.75 Å². The fourth-order valence-corrected chi connectivity index (χ4v) is 3.67. The van der Waals surface area contributed by atoms with Gasteiger partial charge >= 0.3 is 0 Å². The van der Waals surface area contributed by atoms with Crippen LogP contribution in [-0.2, 0) is 4.74 Å². The summed E-state index contributed by atoms with van der Waals surface area (Å²) in [5.74, 6) is 0.684. The number of amides is 1. The highest BCUT2D eigenvalue weighted by atomic mass is 35.5. The molecule has 0 saturated carbocycles. The van der Waals surface area contributed by atoms with E-state index in [1.807, 2.05) is 0 Å². The van der Waals surface area contributed by atoms with Crippen molar-refractivity contribution in [2.45, 2.75) is 6.04 Å². The Morgan fingerprint density at radius 2 is 2.00 bits per heavy atom. The molecule has 1 aromatic heterocycles. The monoisotopic (exact) mass is 382 g/mol. The van der Waals surface area contributed by atoms with Gasteiger partial charge in [-0.25, -0.2) is 0 Å². The molecule has 1 N–H and O–H groups in total. The molecule has 5 nitrogen and oxygen atoms in total. The summed E-state index contributed by atoms with van der Waals surface area (Å²) in [5.41, 5.74) is 0.641. The molecule has 2 aromatic rings. The molecule has 0 bridgehead atoms.